The van der Waals surface area contributed by atoms with Crippen molar-refractivity contribution < 1.29 is 14.3 Å². The molecule has 0 aliphatic rings. The van der Waals surface area contributed by atoms with Gasteiger partial charge in [0.25, 0.3) is 0 Å². The topological polar surface area (TPSA) is 108 Å². The van der Waals surface area contributed by atoms with E-state index in [4.69, 9.17) is 0 Å². The molecule has 0 unspecified atom stereocenters. The molecule has 0 saturated carbocycles. The number of anilines is 1. The van der Waals surface area contributed by atoms with E-state index in [0.717, 1.165) is 0 Å². The lowest BCUT2D eigenvalue weighted by Gasteiger charge is -2.16. The molecule has 3 aromatic carbocycles. The van der Waals surface area contributed by atoms with E-state index in [1.54, 1.807) is 48.5 Å². The van der Waals surface area contributed by atoms with Crippen molar-refractivity contribution in [2.75, 3.05) is 12.4 Å². The number of nitrogens with one attached hydrogen (secondary N) is 1. The van der Waals surface area contributed by atoms with Gasteiger partial charge in [-0.3, -0.25) is 9.59 Å². The molecule has 0 aliphatic heterocycles. The van der Waals surface area contributed by atoms with Crippen LogP contribution in [0.4, 0.5) is 5.69 Å². The zero-order chi connectivity index (χ0) is 23.7. The van der Waals surface area contributed by atoms with Crippen LogP contribution in [-0.2, 0) is 16.1 Å². The Morgan fingerprint density at radius 1 is 0.912 bits per heavy atom. The summed E-state index contributed by atoms with van der Waals surface area (Å²) in [5.41, 5.74) is 2.36. The number of fused-ring (bicyclic) bond motifs is 2. The number of carbonyl (C=O) groups excluding carboxylic acids is 2. The number of esters is 1. The number of hydrogen-bond donors (Lipinski definition) is 1. The van der Waals surface area contributed by atoms with Crippen LogP contribution < -0.4 is 10.7 Å². The molecule has 9 heteroatoms. The SMILES string of the molecule is COC(=O)c1cn(-c2ccccc2NC(=O)Cn2c3ccccc3c(=O)c3ccccc32)nn1. The van der Waals surface area contributed by atoms with Gasteiger partial charge in [-0.05, 0) is 36.4 Å². The molecule has 0 fully saturated rings. The summed E-state index contributed by atoms with van der Waals surface area (Å²) in [6.45, 7) is -0.0135. The fraction of sp³-hybridized carbons (Fsp3) is 0.0800. The molecule has 0 aliphatic carbocycles. The quantitative estimate of drug-likeness (QED) is 0.324. The Hall–Kier alpha value is -4.79. The van der Waals surface area contributed by atoms with Gasteiger partial charge in [0.2, 0.25) is 5.91 Å². The molecular weight excluding hydrogens is 434 g/mol. The van der Waals surface area contributed by atoms with Crippen LogP contribution in [0.2, 0.25) is 0 Å². The first-order chi connectivity index (χ1) is 16.6. The predicted molar refractivity (Wildman–Crippen MR) is 127 cm³/mol. The van der Waals surface area contributed by atoms with Crippen LogP contribution >= 0.6 is 0 Å². The van der Waals surface area contributed by atoms with E-state index >= 15 is 0 Å². The number of ether oxygens (including phenoxy) is 1. The van der Waals surface area contributed by atoms with Crippen LogP contribution in [0.15, 0.2) is 83.8 Å². The minimum atomic E-state index is -0.607. The molecule has 0 spiro atoms. The number of rotatable bonds is 5. The van der Waals surface area contributed by atoms with E-state index < -0.39 is 5.97 Å². The van der Waals surface area contributed by atoms with Crippen molar-refractivity contribution >= 4 is 39.4 Å². The fourth-order valence-corrected chi connectivity index (χ4v) is 3.94. The summed E-state index contributed by atoms with van der Waals surface area (Å²) in [7, 11) is 1.26. The van der Waals surface area contributed by atoms with Gasteiger partial charge in [0.05, 0.1) is 35.7 Å². The number of nitrogens with zero attached hydrogens (tertiary/aromatic N) is 4. The summed E-state index contributed by atoms with van der Waals surface area (Å²) >= 11 is 0. The third kappa shape index (κ3) is 3.69. The second-order valence-electron chi connectivity index (χ2n) is 7.55. The van der Waals surface area contributed by atoms with E-state index in [2.05, 4.69) is 20.4 Å². The molecule has 9 nitrogen and oxygen atoms in total. The first-order valence-corrected chi connectivity index (χ1v) is 10.5. The summed E-state index contributed by atoms with van der Waals surface area (Å²) in [4.78, 5) is 37.8. The summed E-state index contributed by atoms with van der Waals surface area (Å²) in [6, 6.07) is 21.5. The zero-order valence-corrected chi connectivity index (χ0v) is 18.1. The van der Waals surface area contributed by atoms with Crippen LogP contribution in [-0.4, -0.2) is 38.5 Å². The van der Waals surface area contributed by atoms with Crippen LogP contribution in [0.25, 0.3) is 27.5 Å². The number of benzene rings is 3. The molecule has 0 saturated heterocycles. The number of aromatic nitrogens is 4. The van der Waals surface area contributed by atoms with Crippen LogP contribution in [0, 0.1) is 0 Å². The maximum absolute atomic E-state index is 13.2. The van der Waals surface area contributed by atoms with E-state index in [0.29, 0.717) is 33.2 Å². The molecule has 34 heavy (non-hydrogen) atoms. The second kappa shape index (κ2) is 8.62. The molecule has 0 radical (unpaired) electrons. The maximum Gasteiger partial charge on any atom is 0.360 e. The highest BCUT2D eigenvalue weighted by Crippen LogP contribution is 2.22. The first kappa shape index (κ1) is 21.1. The summed E-state index contributed by atoms with van der Waals surface area (Å²) < 4.78 is 7.90. The Bertz CT molecular complexity index is 1560. The van der Waals surface area contributed by atoms with Crippen molar-refractivity contribution in [2.24, 2.45) is 0 Å². The first-order valence-electron chi connectivity index (χ1n) is 10.5. The van der Waals surface area contributed by atoms with Gasteiger partial charge in [0.1, 0.15) is 6.54 Å². The number of pyridine rings is 1. The van der Waals surface area contributed by atoms with Gasteiger partial charge in [-0.1, -0.05) is 41.6 Å². The maximum atomic E-state index is 13.2. The van der Waals surface area contributed by atoms with Gasteiger partial charge in [-0.25, -0.2) is 9.48 Å². The van der Waals surface area contributed by atoms with Gasteiger partial charge in [0, 0.05) is 10.8 Å². The Balaban J connectivity index is 1.51. The molecule has 5 aromatic rings. The highest BCUT2D eigenvalue weighted by atomic mass is 16.5. The molecule has 1 amide bonds. The van der Waals surface area contributed by atoms with Crippen molar-refractivity contribution in [3.63, 3.8) is 0 Å². The van der Waals surface area contributed by atoms with Gasteiger partial charge in [-0.2, -0.15) is 0 Å². The smallest absolute Gasteiger partial charge is 0.360 e. The van der Waals surface area contributed by atoms with Crippen LogP contribution in [0.1, 0.15) is 10.5 Å². The lowest BCUT2D eigenvalue weighted by atomic mass is 10.1. The third-order valence-electron chi connectivity index (χ3n) is 5.49. The largest absolute Gasteiger partial charge is 0.464 e. The molecular formula is C25H19N5O4. The Labute approximate surface area is 193 Å². The lowest BCUT2D eigenvalue weighted by molar-refractivity contribution is -0.116. The molecule has 2 heterocycles. The normalized spacial score (nSPS) is 11.0. The minimum Gasteiger partial charge on any atom is -0.464 e. The monoisotopic (exact) mass is 453 g/mol. The van der Waals surface area contributed by atoms with E-state index in [1.165, 1.54) is 18.0 Å². The predicted octanol–water partition coefficient (Wildman–Crippen LogP) is 3.16. The number of para-hydroxylation sites is 4. The van der Waals surface area contributed by atoms with Crippen LogP contribution in [0.3, 0.4) is 0 Å². The highest BCUT2D eigenvalue weighted by molar-refractivity contribution is 5.98. The number of hydrogen-bond acceptors (Lipinski definition) is 6. The van der Waals surface area contributed by atoms with Gasteiger partial charge < -0.3 is 14.6 Å². The Morgan fingerprint density at radius 3 is 2.21 bits per heavy atom. The second-order valence-corrected chi connectivity index (χ2v) is 7.55. The van der Waals surface area contributed by atoms with Gasteiger partial charge in [0.15, 0.2) is 11.1 Å². The highest BCUT2D eigenvalue weighted by Gasteiger charge is 2.16. The summed E-state index contributed by atoms with van der Waals surface area (Å²) in [5.74, 6) is -0.899. The molecule has 5 rings (SSSR count). The minimum absolute atomic E-state index is 0.0135. The third-order valence-corrected chi connectivity index (χ3v) is 5.49. The summed E-state index contributed by atoms with van der Waals surface area (Å²) in [6.07, 6.45) is 1.43. The van der Waals surface area contributed by atoms with Crippen molar-refractivity contribution in [3.8, 4) is 5.69 Å². The summed E-state index contributed by atoms with van der Waals surface area (Å²) in [5, 5.41) is 11.8. The molecule has 1 N–H and O–H groups in total. The fourth-order valence-electron chi connectivity index (χ4n) is 3.94. The molecule has 2 aromatic heterocycles. The van der Waals surface area contributed by atoms with Gasteiger partial charge in [-0.15, -0.1) is 5.10 Å². The van der Waals surface area contributed by atoms with E-state index in [9.17, 15) is 14.4 Å². The van der Waals surface area contributed by atoms with E-state index in [1.807, 2.05) is 28.8 Å². The number of methoxy groups -OCH3 is 1. The number of carbonyl (C=O) groups is 2. The number of amides is 1. The zero-order valence-electron chi connectivity index (χ0n) is 18.1. The van der Waals surface area contributed by atoms with Crippen molar-refractivity contribution in [1.29, 1.82) is 0 Å². The van der Waals surface area contributed by atoms with E-state index in [-0.39, 0.29) is 23.6 Å². The van der Waals surface area contributed by atoms with Crippen molar-refractivity contribution in [1.82, 2.24) is 19.6 Å². The van der Waals surface area contributed by atoms with Crippen molar-refractivity contribution in [2.45, 2.75) is 6.54 Å². The Morgan fingerprint density at radius 2 is 1.53 bits per heavy atom. The van der Waals surface area contributed by atoms with Crippen LogP contribution in [0.5, 0.6) is 0 Å². The molecule has 0 atom stereocenters. The average molecular weight is 453 g/mol. The average Bonchev–Trinajstić information content (AvgIpc) is 3.36. The van der Waals surface area contributed by atoms with Crippen molar-refractivity contribution in [3.05, 3.63) is 94.9 Å². The van der Waals surface area contributed by atoms with Gasteiger partial charge >= 0.3 is 5.97 Å². The molecule has 0 bridgehead atoms. The lowest BCUT2D eigenvalue weighted by Crippen LogP contribution is -2.22. The standard InChI is InChI=1S/C25H19N5O4/c1-34-25(33)19-14-30(28-27-19)22-13-7-4-10-18(22)26-23(31)15-29-20-11-5-2-8-16(20)24(32)17-9-3-6-12-21(17)29/h2-14H,15H2,1H3,(H,26,31). The molecule has 168 valence electrons. The Kier molecular flexibility index (Phi) is 5.35.